The zero-order valence-electron chi connectivity index (χ0n) is 78.8. The molecule has 684 valence electrons. The number of hydrogen-bond acceptors (Lipinski definition) is 9. The Bertz CT molecular complexity index is 9840. The molecule has 0 fully saturated rings. The molecule has 6 heterocycles. The van der Waals surface area contributed by atoms with Gasteiger partial charge in [0.05, 0.1) is 16.2 Å². The van der Waals surface area contributed by atoms with E-state index in [4.69, 9.17) is 4.42 Å². The standard InChI is InChI=1S/C47H29NOS.C47H29NS2.C43H27NS2/c1-2-15-34-30(12-1)31(35-17-11-22-43-46(35)36-16-5-9-21-42(36)49-43)25-26-41(34)48-29-24-27-45-40(28-29)47(39-20-8-10-23-44(39)50-45)37-18-6-3-13-32(37)33-14-4-7-19-38(33)47;1-2-13-32-29(12-1)26-30(33-17-11-23-45-46(33)36-16-5-9-21-42(36)49-45)27-41(32)48-31-24-25-44-40(28-31)47(39-20-8-10-22-43(39)50-44)37-18-6-3-14-34(37)35-15-4-7-19-38(35)47;1-4-14-34-31(10-1)32-11-2-5-15-35(32)43(34)36-16-6-8-18-39(36)46-40-25-24-29(26-37(40)43)44-28-22-20-27(21-23-28)30-13-9-19-41-42(30)33-12-3-7-17-38(33)45-41/h2*1-28,48H;1-26,44H. The minimum Gasteiger partial charge on any atom is -0.456 e. The average Bonchev–Trinajstić information content (AvgIpc) is 1.52. The molecular formula is C137H85N3OS5. The van der Waals surface area contributed by atoms with E-state index in [1.165, 1.54) is 225 Å². The molecule has 0 saturated heterocycles. The number of furan rings is 1. The molecule has 26 aromatic rings. The van der Waals surface area contributed by atoms with Crippen LogP contribution < -0.4 is 16.0 Å². The number of para-hydroxylation sites is 1. The highest BCUT2D eigenvalue weighted by atomic mass is 32.2. The van der Waals surface area contributed by atoms with E-state index in [2.05, 4.69) is 501 Å². The van der Waals surface area contributed by atoms with Gasteiger partial charge in [0, 0.05) is 125 Å². The predicted octanol–water partition coefficient (Wildman–Crippen LogP) is 38.7. The summed E-state index contributed by atoms with van der Waals surface area (Å²) in [5, 5.41) is 24.1. The van der Waals surface area contributed by atoms with Crippen LogP contribution in [0.15, 0.2) is 531 Å². The first-order valence-electron chi connectivity index (χ1n) is 49.9. The Hall–Kier alpha value is -16.7. The van der Waals surface area contributed by atoms with Crippen LogP contribution in [-0.2, 0) is 16.2 Å². The van der Waals surface area contributed by atoms with E-state index in [-0.39, 0.29) is 5.41 Å². The van der Waals surface area contributed by atoms with Gasteiger partial charge in [0.25, 0.3) is 0 Å². The minimum absolute atomic E-state index is 0.367. The molecule has 0 atom stereocenters. The highest BCUT2D eigenvalue weighted by Crippen LogP contribution is 2.67. The smallest absolute Gasteiger partial charge is 0.136 e. The van der Waals surface area contributed by atoms with Gasteiger partial charge in [-0.1, -0.05) is 393 Å². The molecule has 3 spiro atoms. The van der Waals surface area contributed by atoms with Crippen molar-refractivity contribution in [3.05, 3.63) is 564 Å². The molecule has 0 saturated carbocycles. The minimum atomic E-state index is -0.403. The molecule has 4 nitrogen and oxygen atoms in total. The molecule has 0 radical (unpaired) electrons. The van der Waals surface area contributed by atoms with Crippen LogP contribution in [0.25, 0.3) is 151 Å². The lowest BCUT2D eigenvalue weighted by Gasteiger charge is -2.40. The molecule has 146 heavy (non-hydrogen) atoms. The van der Waals surface area contributed by atoms with Crippen molar-refractivity contribution in [2.24, 2.45) is 0 Å². The van der Waals surface area contributed by atoms with Crippen LogP contribution in [0.1, 0.15) is 66.8 Å². The van der Waals surface area contributed by atoms with E-state index in [1.807, 2.05) is 70.1 Å². The normalized spacial score (nSPS) is 13.7. The fourth-order valence-electron chi connectivity index (χ4n) is 25.3. The van der Waals surface area contributed by atoms with E-state index in [9.17, 15) is 0 Å². The topological polar surface area (TPSA) is 49.2 Å². The zero-order valence-corrected chi connectivity index (χ0v) is 82.9. The van der Waals surface area contributed by atoms with Gasteiger partial charge in [-0.2, -0.15) is 0 Å². The van der Waals surface area contributed by atoms with Gasteiger partial charge in [0.15, 0.2) is 0 Å². The first kappa shape index (κ1) is 84.9. The van der Waals surface area contributed by atoms with E-state index >= 15 is 0 Å². The fourth-order valence-corrected chi connectivity index (χ4v) is 31.0. The summed E-state index contributed by atoms with van der Waals surface area (Å²) in [4.78, 5) is 7.86. The molecule has 23 aromatic carbocycles. The van der Waals surface area contributed by atoms with Crippen LogP contribution in [0.2, 0.25) is 0 Å². The molecule has 3 N–H and O–H groups in total. The van der Waals surface area contributed by atoms with Crippen molar-refractivity contribution in [2.75, 3.05) is 16.0 Å². The summed E-state index contributed by atoms with van der Waals surface area (Å²) in [5.74, 6) is 0. The Morgan fingerprint density at radius 2 is 0.507 bits per heavy atom. The Labute approximate surface area is 865 Å². The van der Waals surface area contributed by atoms with Crippen molar-refractivity contribution in [1.29, 1.82) is 0 Å². The highest BCUT2D eigenvalue weighted by Gasteiger charge is 2.54. The van der Waals surface area contributed by atoms with E-state index in [0.29, 0.717) is 0 Å². The lowest BCUT2D eigenvalue weighted by atomic mass is 9.67. The van der Waals surface area contributed by atoms with Crippen molar-refractivity contribution >= 4 is 176 Å². The van der Waals surface area contributed by atoms with E-state index in [1.54, 1.807) is 0 Å². The zero-order chi connectivity index (χ0) is 95.9. The molecular weight excluding hydrogens is 1860 g/mol. The lowest BCUT2D eigenvalue weighted by Crippen LogP contribution is -2.32. The highest BCUT2D eigenvalue weighted by molar-refractivity contribution is 8.00. The molecule has 0 bridgehead atoms. The van der Waals surface area contributed by atoms with Crippen LogP contribution in [0, 0.1) is 0 Å². The molecule has 3 aliphatic heterocycles. The first-order valence-corrected chi connectivity index (χ1v) is 53.9. The van der Waals surface area contributed by atoms with Crippen molar-refractivity contribution in [1.82, 2.24) is 0 Å². The molecule has 6 aliphatic rings. The lowest BCUT2D eigenvalue weighted by molar-refractivity contribution is 0.669. The first-order chi connectivity index (χ1) is 72.3. The number of thiophene rings is 2. The van der Waals surface area contributed by atoms with Crippen LogP contribution in [-0.4, -0.2) is 0 Å². The van der Waals surface area contributed by atoms with Crippen molar-refractivity contribution in [3.63, 3.8) is 0 Å². The second-order valence-electron chi connectivity index (χ2n) is 38.7. The summed E-state index contributed by atoms with van der Waals surface area (Å²) in [6, 6.07) is 183. The molecule has 0 amide bonds. The van der Waals surface area contributed by atoms with E-state index < -0.39 is 10.8 Å². The molecule has 32 rings (SSSR count). The summed E-state index contributed by atoms with van der Waals surface area (Å²) in [7, 11) is 0. The van der Waals surface area contributed by atoms with Gasteiger partial charge in [0.2, 0.25) is 0 Å². The summed E-state index contributed by atoms with van der Waals surface area (Å²) in [6.07, 6.45) is 0. The van der Waals surface area contributed by atoms with Crippen LogP contribution in [0.4, 0.5) is 34.1 Å². The number of nitrogens with one attached hydrogen (secondary N) is 3. The number of fused-ring (bicyclic) bond motifs is 38. The van der Waals surface area contributed by atoms with Gasteiger partial charge in [-0.15, -0.1) is 22.7 Å². The molecule has 3 aliphatic carbocycles. The van der Waals surface area contributed by atoms with Gasteiger partial charge in [0.1, 0.15) is 11.2 Å². The summed E-state index contributed by atoms with van der Waals surface area (Å²) >= 11 is 9.38. The second kappa shape index (κ2) is 33.7. The summed E-state index contributed by atoms with van der Waals surface area (Å²) < 4.78 is 11.6. The Morgan fingerprint density at radius 3 is 0.986 bits per heavy atom. The number of rotatable bonds is 9. The van der Waals surface area contributed by atoms with Crippen molar-refractivity contribution in [2.45, 2.75) is 45.6 Å². The predicted molar refractivity (Wildman–Crippen MR) is 617 cm³/mol. The molecule has 9 heteroatoms. The van der Waals surface area contributed by atoms with Crippen LogP contribution in [0.5, 0.6) is 0 Å². The third-order valence-electron chi connectivity index (χ3n) is 31.2. The fraction of sp³-hybridized carbons (Fsp3) is 0.0219. The SMILES string of the molecule is c1ccc2c(c1)Sc1ccc(Nc3cc(-c4cccc5sc6ccccc6c45)cc4ccccc34)cc1C21c2ccccc2-c2ccccc21.c1ccc2c(c1)Sc1ccc(Nc3ccc(-c4cccc5oc6ccccc6c45)c4ccccc34)cc1C21c2ccccc2-c2ccccc21.c1ccc2c(c1)Sc1ccc(Nc3ccc(-c4cccc5sc6ccccc6c45)cc3)cc1C21c2ccccc2-c2ccccc21. The van der Waals surface area contributed by atoms with Gasteiger partial charge < -0.3 is 20.4 Å². The maximum Gasteiger partial charge on any atom is 0.136 e. The summed E-state index contributed by atoms with van der Waals surface area (Å²) in [6.45, 7) is 0. The number of hydrogen-bond donors (Lipinski definition) is 3. The van der Waals surface area contributed by atoms with Crippen LogP contribution >= 0.6 is 58.0 Å². The quantitative estimate of drug-likeness (QED) is 0.133. The maximum absolute atomic E-state index is 6.27. The van der Waals surface area contributed by atoms with Gasteiger partial charge in [-0.25, -0.2) is 0 Å². The van der Waals surface area contributed by atoms with Crippen molar-refractivity contribution < 1.29 is 4.42 Å². The Kier molecular flexibility index (Phi) is 19.6. The monoisotopic (exact) mass is 1950 g/mol. The Morgan fingerprint density at radius 1 is 0.171 bits per heavy atom. The van der Waals surface area contributed by atoms with Gasteiger partial charge in [-0.3, -0.25) is 0 Å². The largest absolute Gasteiger partial charge is 0.456 e. The third-order valence-corrected chi connectivity index (χ3v) is 36.9. The van der Waals surface area contributed by atoms with Gasteiger partial charge in [-0.05, 0) is 284 Å². The number of benzene rings is 23. The van der Waals surface area contributed by atoms with E-state index in [0.717, 1.165) is 56.1 Å². The molecule has 0 unspecified atom stereocenters. The van der Waals surface area contributed by atoms with Crippen LogP contribution in [0.3, 0.4) is 0 Å². The molecule has 3 aromatic heterocycles. The maximum atomic E-state index is 6.27. The van der Waals surface area contributed by atoms with Crippen molar-refractivity contribution in [3.8, 4) is 66.8 Å². The third kappa shape index (κ3) is 12.9. The van der Waals surface area contributed by atoms with Gasteiger partial charge >= 0.3 is 0 Å². The number of anilines is 6. The second-order valence-corrected chi connectivity index (χ2v) is 44.1. The average molecular weight is 1950 g/mol. The Balaban J connectivity index is 0.000000102. The summed E-state index contributed by atoms with van der Waals surface area (Å²) in [5.41, 5.74) is 38.7.